The Morgan fingerprint density at radius 1 is 0.640 bits per heavy atom. The number of allylic oxidation sites excluding steroid dienone is 14. The number of carbonyl (C=O) groups excluding carboxylic acids is 2. The second-order valence-electron chi connectivity index (χ2n) is 12.8. The first-order valence-corrected chi connectivity index (χ1v) is 18.8. The van der Waals surface area contributed by atoms with Gasteiger partial charge in [-0.25, -0.2) is 0 Å². The fourth-order valence-electron chi connectivity index (χ4n) is 6.44. The Kier molecular flexibility index (Phi) is 17.6. The molecule has 2 aliphatic rings. The minimum atomic E-state index is -0.225. The van der Waals surface area contributed by atoms with Crippen molar-refractivity contribution in [2.45, 2.75) is 89.9 Å². The number of rotatable bonds is 20. The molecule has 0 spiro atoms. The Balaban J connectivity index is 1.14. The molecule has 0 heterocycles. The molecule has 0 radical (unpaired) electrons. The van der Waals surface area contributed by atoms with Crippen molar-refractivity contribution in [3.05, 3.63) is 154 Å². The summed E-state index contributed by atoms with van der Waals surface area (Å²) in [5.74, 6) is 0.242. The second kappa shape index (κ2) is 22.7. The van der Waals surface area contributed by atoms with Gasteiger partial charge >= 0.3 is 0 Å². The van der Waals surface area contributed by atoms with Crippen LogP contribution in [0.2, 0.25) is 5.02 Å². The summed E-state index contributed by atoms with van der Waals surface area (Å²) in [6, 6.07) is 15.1. The standard InChI is InChI=1S/C45H53ClO4/c1-2-3-4-5-6-7-8-9-10-11-12-13-14-15-16-17-18-19-20-23-34-49-35-50-45-42(43(47)40-24-21-22-25-41(40)44(45)48)38-28-26-36(27-29-38)37-30-32-39(46)33-31-37/h3-4,6-7,9-10,12-13,15-16,18-19,21-22,24-25,30-33,36,38H,2,5,8,11,14,17,20,23,26-29,34-35H2,1H3/b4-3-,7-6-,10-9-,13-12-,16-15-,19-18-. The minimum Gasteiger partial charge on any atom is -0.463 e. The van der Waals surface area contributed by atoms with Crippen molar-refractivity contribution in [1.82, 2.24) is 0 Å². The highest BCUT2D eigenvalue weighted by molar-refractivity contribution is 6.30. The number of fused-ring (bicyclic) bond motifs is 1. The average Bonchev–Trinajstić information content (AvgIpc) is 3.14. The van der Waals surface area contributed by atoms with Gasteiger partial charge in [0, 0.05) is 21.7 Å². The van der Waals surface area contributed by atoms with Gasteiger partial charge in [0.15, 0.2) is 18.3 Å². The van der Waals surface area contributed by atoms with Crippen LogP contribution in [0.25, 0.3) is 0 Å². The number of carbonyl (C=O) groups is 2. The maximum atomic E-state index is 13.7. The van der Waals surface area contributed by atoms with E-state index in [2.05, 4.69) is 92.0 Å². The van der Waals surface area contributed by atoms with Gasteiger partial charge in [-0.2, -0.15) is 0 Å². The Morgan fingerprint density at radius 2 is 1.14 bits per heavy atom. The first-order valence-electron chi connectivity index (χ1n) is 18.4. The van der Waals surface area contributed by atoms with E-state index in [1.165, 1.54) is 5.56 Å². The lowest BCUT2D eigenvalue weighted by Crippen LogP contribution is -2.29. The highest BCUT2D eigenvalue weighted by atomic mass is 35.5. The zero-order chi connectivity index (χ0) is 35.2. The lowest BCUT2D eigenvalue weighted by atomic mass is 9.72. The van der Waals surface area contributed by atoms with Crippen molar-refractivity contribution < 1.29 is 19.1 Å². The van der Waals surface area contributed by atoms with Crippen molar-refractivity contribution in [1.29, 1.82) is 0 Å². The molecule has 264 valence electrons. The number of ketones is 2. The Hall–Kier alpha value is -3.99. The van der Waals surface area contributed by atoms with Gasteiger partial charge in [-0.1, -0.05) is 128 Å². The summed E-state index contributed by atoms with van der Waals surface area (Å²) < 4.78 is 11.8. The van der Waals surface area contributed by atoms with Crippen LogP contribution in [0, 0.1) is 5.92 Å². The molecule has 0 amide bonds. The molecular formula is C45H53ClO4. The van der Waals surface area contributed by atoms with E-state index in [-0.39, 0.29) is 30.0 Å². The molecule has 2 aliphatic carbocycles. The van der Waals surface area contributed by atoms with Gasteiger partial charge in [0.05, 0.1) is 6.61 Å². The van der Waals surface area contributed by atoms with Crippen molar-refractivity contribution in [2.75, 3.05) is 13.4 Å². The van der Waals surface area contributed by atoms with Crippen LogP contribution in [0.15, 0.2) is 133 Å². The molecule has 4 rings (SSSR count). The van der Waals surface area contributed by atoms with Crippen molar-refractivity contribution in [3.8, 4) is 0 Å². The molecule has 0 aromatic heterocycles. The van der Waals surface area contributed by atoms with Crippen LogP contribution in [-0.4, -0.2) is 25.0 Å². The quantitative estimate of drug-likeness (QED) is 0.0787. The molecule has 0 saturated heterocycles. The van der Waals surface area contributed by atoms with Crippen LogP contribution >= 0.6 is 11.6 Å². The zero-order valence-corrected chi connectivity index (χ0v) is 30.4. The maximum Gasteiger partial charge on any atom is 0.228 e. The zero-order valence-electron chi connectivity index (χ0n) is 29.6. The molecule has 50 heavy (non-hydrogen) atoms. The van der Waals surface area contributed by atoms with Gasteiger partial charge < -0.3 is 9.47 Å². The lowest BCUT2D eigenvalue weighted by molar-refractivity contribution is -0.0243. The van der Waals surface area contributed by atoms with Gasteiger partial charge in [0.25, 0.3) is 0 Å². The van der Waals surface area contributed by atoms with Gasteiger partial charge in [-0.15, -0.1) is 0 Å². The van der Waals surface area contributed by atoms with E-state index in [1.54, 1.807) is 18.2 Å². The van der Waals surface area contributed by atoms with Crippen LogP contribution in [-0.2, 0) is 9.47 Å². The summed E-state index contributed by atoms with van der Waals surface area (Å²) in [5, 5.41) is 0.732. The summed E-state index contributed by atoms with van der Waals surface area (Å²) in [5.41, 5.74) is 2.66. The molecule has 0 atom stereocenters. The molecule has 0 aliphatic heterocycles. The average molecular weight is 693 g/mol. The number of ether oxygens (including phenoxy) is 2. The Labute approximate surface area is 305 Å². The van der Waals surface area contributed by atoms with Crippen LogP contribution in [0.4, 0.5) is 0 Å². The third kappa shape index (κ3) is 12.7. The minimum absolute atomic E-state index is 0.0218. The highest BCUT2D eigenvalue weighted by Gasteiger charge is 2.38. The van der Waals surface area contributed by atoms with Crippen LogP contribution in [0.3, 0.4) is 0 Å². The van der Waals surface area contributed by atoms with Gasteiger partial charge in [0.1, 0.15) is 0 Å². The van der Waals surface area contributed by atoms with Gasteiger partial charge in [-0.05, 0) is 107 Å². The van der Waals surface area contributed by atoms with E-state index in [9.17, 15) is 9.59 Å². The predicted molar refractivity (Wildman–Crippen MR) is 208 cm³/mol. The van der Waals surface area contributed by atoms with E-state index in [4.69, 9.17) is 21.1 Å². The van der Waals surface area contributed by atoms with E-state index in [0.717, 1.165) is 82.1 Å². The molecule has 2 aromatic carbocycles. The first-order chi connectivity index (χ1) is 24.6. The summed E-state index contributed by atoms with van der Waals surface area (Å²) in [4.78, 5) is 27.3. The first kappa shape index (κ1) is 38.8. The fraction of sp³-hybridized carbons (Fsp3) is 0.378. The summed E-state index contributed by atoms with van der Waals surface area (Å²) in [6.45, 7) is 2.62. The van der Waals surface area contributed by atoms with Gasteiger partial charge in [-0.3, -0.25) is 9.59 Å². The largest absolute Gasteiger partial charge is 0.463 e. The normalized spacial score (nSPS) is 18.7. The number of benzene rings is 2. The monoisotopic (exact) mass is 692 g/mol. The molecule has 0 N–H and O–H groups in total. The molecule has 1 fully saturated rings. The van der Waals surface area contributed by atoms with Crippen molar-refractivity contribution in [2.24, 2.45) is 5.92 Å². The van der Waals surface area contributed by atoms with E-state index in [0.29, 0.717) is 29.2 Å². The number of Topliss-reactive ketones (excluding diaryl/α,β-unsaturated/α-hetero) is 2. The van der Waals surface area contributed by atoms with Crippen LogP contribution in [0.1, 0.15) is 116 Å². The molecule has 0 unspecified atom stereocenters. The number of hydrogen-bond donors (Lipinski definition) is 0. The fourth-order valence-corrected chi connectivity index (χ4v) is 6.56. The molecule has 1 saturated carbocycles. The molecule has 0 bridgehead atoms. The topological polar surface area (TPSA) is 52.6 Å². The SMILES string of the molecule is CC/C=C\C/C=C\C/C=C\C/C=C\C/C=C\C/C=C\CCCOCOC1=C(C2CCC(c3ccc(Cl)cc3)CC2)C(=O)c2ccccc2C1=O. The van der Waals surface area contributed by atoms with E-state index in [1.807, 2.05) is 18.2 Å². The molecule has 5 heteroatoms. The summed E-state index contributed by atoms with van der Waals surface area (Å²) in [6.07, 6.45) is 37.6. The third-order valence-corrected chi connectivity index (χ3v) is 9.38. The number of halogens is 1. The van der Waals surface area contributed by atoms with Gasteiger partial charge in [0.2, 0.25) is 5.78 Å². The van der Waals surface area contributed by atoms with Crippen LogP contribution in [0.5, 0.6) is 0 Å². The maximum absolute atomic E-state index is 13.7. The predicted octanol–water partition coefficient (Wildman–Crippen LogP) is 12.4. The molecule has 4 nitrogen and oxygen atoms in total. The van der Waals surface area contributed by atoms with Crippen molar-refractivity contribution in [3.63, 3.8) is 0 Å². The lowest BCUT2D eigenvalue weighted by Gasteiger charge is -2.32. The Morgan fingerprint density at radius 3 is 1.70 bits per heavy atom. The third-order valence-electron chi connectivity index (χ3n) is 9.13. The number of hydrogen-bond acceptors (Lipinski definition) is 4. The van der Waals surface area contributed by atoms with E-state index < -0.39 is 0 Å². The molecule has 2 aromatic rings. The highest BCUT2D eigenvalue weighted by Crippen LogP contribution is 2.42. The van der Waals surface area contributed by atoms with E-state index >= 15 is 0 Å². The second-order valence-corrected chi connectivity index (χ2v) is 13.2. The summed E-state index contributed by atoms with van der Waals surface area (Å²) >= 11 is 6.09. The Bertz CT molecular complexity index is 1560. The van der Waals surface area contributed by atoms with Crippen LogP contribution < -0.4 is 0 Å². The number of unbranched alkanes of at least 4 members (excludes halogenated alkanes) is 1. The smallest absolute Gasteiger partial charge is 0.228 e. The molecular weight excluding hydrogens is 640 g/mol. The van der Waals surface area contributed by atoms with Crippen molar-refractivity contribution >= 4 is 23.2 Å². The summed E-state index contributed by atoms with van der Waals surface area (Å²) in [7, 11) is 0.